The lowest BCUT2D eigenvalue weighted by Gasteiger charge is -2.31. The number of benzene rings is 1. The Hall–Kier alpha value is -1.58. The third-order valence-electron chi connectivity index (χ3n) is 2.91. The average molecular weight is 352 g/mol. The Morgan fingerprint density at radius 1 is 1.05 bits per heavy atom. The fraction of sp³-hybridized carbons (Fsp3) is 0.455. The molecule has 0 aromatic heterocycles. The molecule has 0 atom stereocenters. The Morgan fingerprint density at radius 2 is 1.50 bits per heavy atom. The molecule has 0 amide bonds. The highest BCUT2D eigenvalue weighted by Crippen LogP contribution is 2.54. The number of rotatable bonds is 3. The molecule has 0 radical (unpaired) electrons. The van der Waals surface area contributed by atoms with Gasteiger partial charge >= 0.3 is 18.0 Å². The number of nitrogens with one attached hydrogen (secondary N) is 1. The van der Waals surface area contributed by atoms with Crippen molar-refractivity contribution in [1.29, 1.82) is 5.53 Å². The van der Waals surface area contributed by atoms with E-state index in [4.69, 9.17) is 17.1 Å². The highest BCUT2D eigenvalue weighted by molar-refractivity contribution is 6.33. The predicted octanol–water partition coefficient (Wildman–Crippen LogP) is 5.32. The Morgan fingerprint density at radius 3 is 1.82 bits per heavy atom. The van der Waals surface area contributed by atoms with Crippen LogP contribution in [0.5, 0.6) is 0 Å². The minimum Gasteiger partial charge on any atom is -0.249 e. The molecular weight excluding hydrogens is 343 g/mol. The molecule has 124 valence electrons. The van der Waals surface area contributed by atoms with Gasteiger partial charge in [0, 0.05) is 12.6 Å². The molecule has 0 heterocycles. The zero-order valence-corrected chi connectivity index (χ0v) is 11.8. The Bertz CT molecular complexity index is 545. The van der Waals surface area contributed by atoms with Gasteiger partial charge in [-0.3, -0.25) is 0 Å². The maximum atomic E-state index is 13.9. The second kappa shape index (κ2) is 5.56. The van der Waals surface area contributed by atoms with Gasteiger partial charge in [0.25, 0.3) is 0 Å². The van der Waals surface area contributed by atoms with Crippen LogP contribution in [0.2, 0.25) is 5.02 Å². The fourth-order valence-corrected chi connectivity index (χ4v) is 2.27. The molecule has 11 heteroatoms. The second-order valence-corrected chi connectivity index (χ2v) is 4.81. The third-order valence-corrected chi connectivity index (χ3v) is 3.19. The van der Waals surface area contributed by atoms with Crippen molar-refractivity contribution >= 4 is 17.3 Å². The van der Waals surface area contributed by atoms with Crippen molar-refractivity contribution < 1.29 is 30.7 Å². The summed E-state index contributed by atoms with van der Waals surface area (Å²) in [6, 6.07) is 0.608. The monoisotopic (exact) mass is 351 g/mol. The van der Waals surface area contributed by atoms with Crippen LogP contribution in [-0.4, -0.2) is 19.4 Å². The lowest BCUT2D eigenvalue weighted by Crippen LogP contribution is -2.50. The second-order valence-electron chi connectivity index (χ2n) is 4.40. The molecule has 1 rings (SSSR count). The van der Waals surface area contributed by atoms with Gasteiger partial charge in [-0.15, -0.1) is 0 Å². The first-order chi connectivity index (χ1) is 9.77. The van der Waals surface area contributed by atoms with Gasteiger partial charge < -0.3 is 0 Å². The van der Waals surface area contributed by atoms with Gasteiger partial charge in [-0.05, 0) is 24.6 Å². The maximum absolute atomic E-state index is 13.9. The summed E-state index contributed by atoms with van der Waals surface area (Å²) in [7, 11) is 1.21. The van der Waals surface area contributed by atoms with E-state index in [0.29, 0.717) is 6.07 Å². The number of halogens is 8. The largest absolute Gasteiger partial charge is 0.435 e. The fourth-order valence-electron chi connectivity index (χ4n) is 1.88. The zero-order valence-electron chi connectivity index (χ0n) is 11.1. The Labute approximate surface area is 125 Å². The van der Waals surface area contributed by atoms with Crippen LogP contribution in [-0.2, 0) is 5.67 Å². The molecule has 0 saturated heterocycles. The number of hydrogen-bond acceptors (Lipinski definition) is 2. The summed E-state index contributed by atoms with van der Waals surface area (Å²) >= 11 is 5.63. The molecule has 0 aliphatic heterocycles. The van der Waals surface area contributed by atoms with Gasteiger partial charge in [0.05, 0.1) is 10.7 Å². The average Bonchev–Trinajstić information content (AvgIpc) is 2.33. The topological polar surface area (TPSA) is 39.5 Å². The SMILES string of the molecule is Cc1cc(C(F)(C(F)(F)F)C(F)(F)F)cc(Cl)c1N(C)N=N. The molecule has 0 bridgehead atoms. The van der Waals surface area contributed by atoms with Crippen LogP contribution in [0.25, 0.3) is 0 Å². The summed E-state index contributed by atoms with van der Waals surface area (Å²) in [6.07, 6.45) is -12.4. The minimum atomic E-state index is -6.21. The van der Waals surface area contributed by atoms with Crippen molar-refractivity contribution in [3.63, 3.8) is 0 Å². The van der Waals surface area contributed by atoms with Gasteiger partial charge in [0.15, 0.2) is 0 Å². The number of hydrogen-bond donors (Lipinski definition) is 1. The summed E-state index contributed by atoms with van der Waals surface area (Å²) in [5, 5.41) is 3.16. The number of anilines is 1. The van der Waals surface area contributed by atoms with E-state index < -0.39 is 28.6 Å². The molecule has 1 aromatic rings. The molecule has 0 aliphatic rings. The molecule has 0 spiro atoms. The normalized spacial score (nSPS) is 13.2. The third kappa shape index (κ3) is 2.83. The van der Waals surface area contributed by atoms with E-state index in [1.165, 1.54) is 7.05 Å². The van der Waals surface area contributed by atoms with Crippen LogP contribution in [0.4, 0.5) is 36.4 Å². The van der Waals surface area contributed by atoms with Crippen LogP contribution < -0.4 is 5.01 Å². The first kappa shape index (κ1) is 18.5. The van der Waals surface area contributed by atoms with E-state index in [-0.39, 0.29) is 17.3 Å². The van der Waals surface area contributed by atoms with E-state index in [2.05, 4.69) is 5.22 Å². The van der Waals surface area contributed by atoms with Gasteiger partial charge in [0.1, 0.15) is 0 Å². The number of aryl methyl sites for hydroxylation is 1. The highest BCUT2D eigenvalue weighted by atomic mass is 35.5. The highest BCUT2D eigenvalue weighted by Gasteiger charge is 2.73. The first-order valence-electron chi connectivity index (χ1n) is 5.51. The summed E-state index contributed by atoms with van der Waals surface area (Å²) in [5.74, 6) is 0. The van der Waals surface area contributed by atoms with Crippen molar-refractivity contribution in [3.05, 3.63) is 28.3 Å². The number of nitrogens with zero attached hydrogens (tertiary/aromatic N) is 2. The van der Waals surface area contributed by atoms with E-state index in [1.54, 1.807) is 0 Å². The molecular formula is C11H9ClF7N3. The molecule has 0 saturated carbocycles. The summed E-state index contributed by atoms with van der Waals surface area (Å²) in [6.45, 7) is 1.12. The van der Waals surface area contributed by atoms with Crippen molar-refractivity contribution in [3.8, 4) is 0 Å². The smallest absolute Gasteiger partial charge is 0.249 e. The van der Waals surface area contributed by atoms with Crippen LogP contribution in [0.1, 0.15) is 11.1 Å². The van der Waals surface area contributed by atoms with Crippen molar-refractivity contribution in [2.24, 2.45) is 5.22 Å². The van der Waals surface area contributed by atoms with Gasteiger partial charge in [-0.25, -0.2) is 9.40 Å². The molecule has 0 fully saturated rings. The zero-order chi connectivity index (χ0) is 17.5. The van der Waals surface area contributed by atoms with E-state index in [9.17, 15) is 30.7 Å². The van der Waals surface area contributed by atoms with E-state index in [0.717, 1.165) is 11.9 Å². The quantitative estimate of drug-likeness (QED) is 0.447. The lowest BCUT2D eigenvalue weighted by molar-refractivity contribution is -0.348. The van der Waals surface area contributed by atoms with Crippen LogP contribution in [0.3, 0.4) is 0 Å². The van der Waals surface area contributed by atoms with Crippen LogP contribution in [0, 0.1) is 12.5 Å². The number of alkyl halides is 7. The molecule has 1 aromatic carbocycles. The molecule has 3 nitrogen and oxygen atoms in total. The summed E-state index contributed by atoms with van der Waals surface area (Å²) in [4.78, 5) is 0. The van der Waals surface area contributed by atoms with Crippen LogP contribution >= 0.6 is 11.6 Å². The van der Waals surface area contributed by atoms with Crippen molar-refractivity contribution in [2.45, 2.75) is 24.9 Å². The summed E-state index contributed by atoms with van der Waals surface area (Å²) in [5.41, 5.74) is -0.765. The van der Waals surface area contributed by atoms with E-state index >= 15 is 0 Å². The van der Waals surface area contributed by atoms with E-state index in [1.807, 2.05) is 0 Å². The predicted molar refractivity (Wildman–Crippen MR) is 64.6 cm³/mol. The summed E-state index contributed by atoms with van der Waals surface area (Å²) < 4.78 is 90.0. The first-order valence-corrected chi connectivity index (χ1v) is 5.89. The molecule has 0 aliphatic carbocycles. The minimum absolute atomic E-state index is 0.105. The van der Waals surface area contributed by atoms with Gasteiger partial charge in [0.2, 0.25) is 0 Å². The standard InChI is InChI=1S/C11H9ClF7N3/c1-5-3-6(4-7(12)8(5)22(2)21-20)9(13,10(14,15)16)11(17,18)19/h3-4,20H,1-2H3. The van der Waals surface area contributed by atoms with Crippen LogP contribution in [0.15, 0.2) is 17.4 Å². The molecule has 0 unspecified atom stereocenters. The van der Waals surface area contributed by atoms with Gasteiger partial charge in [-0.1, -0.05) is 16.8 Å². The Kier molecular flexibility index (Phi) is 4.67. The van der Waals surface area contributed by atoms with Gasteiger partial charge in [-0.2, -0.15) is 31.9 Å². The maximum Gasteiger partial charge on any atom is 0.435 e. The molecule has 1 N–H and O–H groups in total. The lowest BCUT2D eigenvalue weighted by atomic mass is 9.92. The Balaban J connectivity index is 3.65. The van der Waals surface area contributed by atoms with Crippen molar-refractivity contribution in [2.75, 3.05) is 12.1 Å². The molecule has 22 heavy (non-hydrogen) atoms. The van der Waals surface area contributed by atoms with Crippen molar-refractivity contribution in [1.82, 2.24) is 0 Å².